The summed E-state index contributed by atoms with van der Waals surface area (Å²) in [6, 6.07) is 0. The summed E-state index contributed by atoms with van der Waals surface area (Å²) >= 11 is 0. The second-order valence-electron chi connectivity index (χ2n) is 3.09. The topological polar surface area (TPSA) is 140 Å². The van der Waals surface area contributed by atoms with Crippen LogP contribution >= 0.6 is 0 Å². The average Bonchev–Trinajstić information content (AvgIpc) is 2.15. The van der Waals surface area contributed by atoms with Crippen molar-refractivity contribution >= 4 is 16.0 Å². The lowest BCUT2D eigenvalue weighted by Gasteiger charge is -2.13. The number of nitrogens with zero attached hydrogens (tertiary/aromatic N) is 1. The number of nitrogens with one attached hydrogen (secondary N) is 2. The fourth-order valence-electron chi connectivity index (χ4n) is 1.03. The molecule has 0 aromatic carbocycles. The van der Waals surface area contributed by atoms with Crippen LogP contribution in [0.3, 0.4) is 0 Å². The molecule has 94 valence electrons. The second kappa shape index (κ2) is 4.51. The van der Waals surface area contributed by atoms with Crippen LogP contribution in [0.2, 0.25) is 0 Å². The van der Waals surface area contributed by atoms with Crippen LogP contribution in [0.4, 0.5) is 0 Å². The van der Waals surface area contributed by atoms with Crippen molar-refractivity contribution in [1.82, 2.24) is 14.3 Å². The fraction of sp³-hybridized carbons (Fsp3) is 0.286. The maximum absolute atomic E-state index is 11.7. The van der Waals surface area contributed by atoms with Gasteiger partial charge in [0.05, 0.1) is 0 Å². The maximum Gasteiger partial charge on any atom is 0.325 e. The van der Waals surface area contributed by atoms with Crippen molar-refractivity contribution in [2.24, 2.45) is 0 Å². The van der Waals surface area contributed by atoms with E-state index in [2.05, 4.69) is 0 Å². The van der Waals surface area contributed by atoms with Crippen molar-refractivity contribution in [2.75, 3.05) is 13.6 Å². The molecule has 0 aliphatic heterocycles. The molecule has 1 rings (SSSR count). The first-order chi connectivity index (χ1) is 7.75. The number of rotatable bonds is 4. The number of aliphatic carboxylic acids is 1. The Bertz CT molecular complexity index is 642. The Hall–Kier alpha value is -1.94. The molecule has 0 radical (unpaired) electrons. The summed E-state index contributed by atoms with van der Waals surface area (Å²) in [4.78, 5) is 35.3. The Kier molecular flexibility index (Phi) is 3.48. The summed E-state index contributed by atoms with van der Waals surface area (Å²) in [7, 11) is -3.23. The molecule has 0 saturated carbocycles. The van der Waals surface area contributed by atoms with Crippen LogP contribution in [-0.4, -0.2) is 47.4 Å². The first kappa shape index (κ1) is 13.1. The molecule has 0 spiro atoms. The molecule has 0 atom stereocenters. The normalized spacial score (nSPS) is 11.6. The van der Waals surface area contributed by atoms with E-state index in [0.29, 0.717) is 4.31 Å². The summed E-state index contributed by atoms with van der Waals surface area (Å²) in [5.74, 6) is -1.36. The van der Waals surface area contributed by atoms with E-state index in [-0.39, 0.29) is 0 Å². The highest BCUT2D eigenvalue weighted by molar-refractivity contribution is 7.89. The van der Waals surface area contributed by atoms with Crippen molar-refractivity contribution < 1.29 is 18.3 Å². The van der Waals surface area contributed by atoms with Gasteiger partial charge in [0, 0.05) is 13.2 Å². The number of carboxylic acid groups (broad SMARTS) is 1. The number of carboxylic acids is 1. The van der Waals surface area contributed by atoms with Gasteiger partial charge < -0.3 is 10.1 Å². The Morgan fingerprint density at radius 3 is 2.53 bits per heavy atom. The predicted molar refractivity (Wildman–Crippen MR) is 55.1 cm³/mol. The quantitative estimate of drug-likeness (QED) is 0.561. The van der Waals surface area contributed by atoms with Crippen LogP contribution in [0, 0.1) is 0 Å². The minimum atomic E-state index is -4.24. The summed E-state index contributed by atoms with van der Waals surface area (Å²) in [5.41, 5.74) is -1.96. The molecule has 9 nitrogen and oxygen atoms in total. The number of aromatic nitrogens is 2. The molecule has 1 aromatic heterocycles. The summed E-state index contributed by atoms with van der Waals surface area (Å²) in [6.45, 7) is -0.791. The molecule has 17 heavy (non-hydrogen) atoms. The van der Waals surface area contributed by atoms with Gasteiger partial charge in [0.25, 0.3) is 5.56 Å². The Morgan fingerprint density at radius 1 is 1.47 bits per heavy atom. The number of hydrogen-bond acceptors (Lipinski definition) is 5. The lowest BCUT2D eigenvalue weighted by atomic mass is 10.7. The Labute approximate surface area is 94.8 Å². The molecular formula is C7H9N3O6S. The summed E-state index contributed by atoms with van der Waals surface area (Å²) < 4.78 is 23.9. The highest BCUT2D eigenvalue weighted by atomic mass is 32.2. The van der Waals surface area contributed by atoms with E-state index in [0.717, 1.165) is 13.2 Å². The zero-order valence-electron chi connectivity index (χ0n) is 8.63. The average molecular weight is 263 g/mol. The van der Waals surface area contributed by atoms with Gasteiger partial charge >= 0.3 is 11.7 Å². The molecule has 1 aromatic rings. The number of H-pyrrole nitrogens is 2. The molecule has 3 N–H and O–H groups in total. The van der Waals surface area contributed by atoms with Crippen LogP contribution in [0.15, 0.2) is 20.7 Å². The van der Waals surface area contributed by atoms with Crippen molar-refractivity contribution in [3.63, 3.8) is 0 Å². The van der Waals surface area contributed by atoms with E-state index in [1.165, 1.54) is 0 Å². The van der Waals surface area contributed by atoms with Gasteiger partial charge in [-0.2, -0.15) is 4.31 Å². The highest BCUT2D eigenvalue weighted by Crippen LogP contribution is 2.06. The van der Waals surface area contributed by atoms with Gasteiger partial charge in [0.1, 0.15) is 6.54 Å². The molecule has 0 aliphatic carbocycles. The molecule has 1 heterocycles. The minimum absolute atomic E-state index is 0.484. The molecule has 0 unspecified atom stereocenters. The van der Waals surface area contributed by atoms with Gasteiger partial charge in [-0.3, -0.25) is 14.6 Å². The van der Waals surface area contributed by atoms with Crippen molar-refractivity contribution in [3.8, 4) is 0 Å². The predicted octanol–water partition coefficient (Wildman–Crippen LogP) is -2.23. The molecule has 0 bridgehead atoms. The molecule has 10 heteroatoms. The van der Waals surface area contributed by atoms with Gasteiger partial charge in [0.2, 0.25) is 10.0 Å². The van der Waals surface area contributed by atoms with Crippen LogP contribution in [0.5, 0.6) is 0 Å². The van der Waals surface area contributed by atoms with Crippen LogP contribution in [0.25, 0.3) is 0 Å². The van der Waals surface area contributed by atoms with Crippen molar-refractivity contribution in [1.29, 1.82) is 0 Å². The maximum atomic E-state index is 11.7. The van der Waals surface area contributed by atoms with Crippen LogP contribution < -0.4 is 11.2 Å². The monoisotopic (exact) mass is 263 g/mol. The number of sulfonamides is 1. The molecular weight excluding hydrogens is 254 g/mol. The lowest BCUT2D eigenvalue weighted by Crippen LogP contribution is -2.37. The minimum Gasteiger partial charge on any atom is -0.480 e. The van der Waals surface area contributed by atoms with Gasteiger partial charge in [-0.25, -0.2) is 13.2 Å². The smallest absolute Gasteiger partial charge is 0.325 e. The van der Waals surface area contributed by atoms with Gasteiger partial charge in [-0.05, 0) is 0 Å². The first-order valence-corrected chi connectivity index (χ1v) is 5.69. The molecule has 0 aliphatic rings. The number of carbonyl (C=O) groups is 1. The van der Waals surface area contributed by atoms with Gasteiger partial charge in [-0.1, -0.05) is 0 Å². The molecule has 0 saturated heterocycles. The van der Waals surface area contributed by atoms with Crippen LogP contribution in [-0.2, 0) is 14.8 Å². The Balaban J connectivity index is 3.27. The van der Waals surface area contributed by atoms with Crippen molar-refractivity contribution in [3.05, 3.63) is 27.0 Å². The van der Waals surface area contributed by atoms with E-state index >= 15 is 0 Å². The number of likely N-dealkylation sites (N-methyl/N-ethyl adjacent to an activating group) is 1. The standard InChI is InChI=1S/C7H9N3O6S/c1-10(3-5(11)12)17(15,16)4-2-8-7(14)9-6(4)13/h2H,3H2,1H3,(H,11,12)(H2,8,9,13,14). The third-order valence-electron chi connectivity index (χ3n) is 1.83. The van der Waals surface area contributed by atoms with E-state index < -0.39 is 38.7 Å². The van der Waals surface area contributed by atoms with Gasteiger partial charge in [0.15, 0.2) is 4.90 Å². The number of aromatic amines is 2. The van der Waals surface area contributed by atoms with E-state index in [1.54, 1.807) is 4.98 Å². The third kappa shape index (κ3) is 2.79. The number of hydrogen-bond donors (Lipinski definition) is 3. The highest BCUT2D eigenvalue weighted by Gasteiger charge is 2.25. The zero-order chi connectivity index (χ0) is 13.2. The van der Waals surface area contributed by atoms with E-state index in [9.17, 15) is 22.8 Å². The zero-order valence-corrected chi connectivity index (χ0v) is 9.44. The largest absolute Gasteiger partial charge is 0.480 e. The third-order valence-corrected chi connectivity index (χ3v) is 3.64. The van der Waals surface area contributed by atoms with Gasteiger partial charge in [-0.15, -0.1) is 0 Å². The van der Waals surface area contributed by atoms with Crippen molar-refractivity contribution in [2.45, 2.75) is 4.90 Å². The first-order valence-electron chi connectivity index (χ1n) is 4.25. The lowest BCUT2D eigenvalue weighted by molar-refractivity contribution is -0.137. The fourth-order valence-corrected chi connectivity index (χ4v) is 2.14. The summed E-state index contributed by atoms with van der Waals surface area (Å²) in [5, 5.41) is 8.46. The van der Waals surface area contributed by atoms with Crippen LogP contribution in [0.1, 0.15) is 0 Å². The summed E-state index contributed by atoms with van der Waals surface area (Å²) in [6.07, 6.45) is 0.717. The molecule has 0 amide bonds. The molecule has 0 fully saturated rings. The van der Waals surface area contributed by atoms with E-state index in [4.69, 9.17) is 5.11 Å². The second-order valence-corrected chi connectivity index (χ2v) is 5.10. The van der Waals surface area contributed by atoms with E-state index in [1.807, 2.05) is 4.98 Å². The Morgan fingerprint density at radius 2 is 2.06 bits per heavy atom. The SMILES string of the molecule is CN(CC(=O)O)S(=O)(=O)c1c[nH]c(=O)[nH]c1=O.